The van der Waals surface area contributed by atoms with Crippen molar-refractivity contribution in [2.45, 2.75) is 221 Å². The van der Waals surface area contributed by atoms with Crippen LogP contribution >= 0.6 is 0 Å². The van der Waals surface area contributed by atoms with Gasteiger partial charge in [0.05, 0.1) is 0 Å². The van der Waals surface area contributed by atoms with Crippen molar-refractivity contribution in [2.75, 3.05) is 0 Å². The van der Waals surface area contributed by atoms with Crippen molar-refractivity contribution >= 4 is 116 Å². The van der Waals surface area contributed by atoms with Crippen LogP contribution < -0.4 is 0 Å². The molecule has 0 aliphatic rings. The van der Waals surface area contributed by atoms with Crippen LogP contribution in [0.25, 0.3) is 0 Å². The molecule has 13 heteroatoms. The summed E-state index contributed by atoms with van der Waals surface area (Å²) in [5, 5.41) is 0. The second kappa shape index (κ2) is 51.3. The Labute approximate surface area is 364 Å². The van der Waals surface area contributed by atoms with Crippen molar-refractivity contribution in [3.8, 4) is 0 Å². The number of unbranched alkanes of at least 4 members (excludes halogenated alkanes) is 8. The Balaban J connectivity index is -0.000000192. The molecule has 0 aliphatic heterocycles. The molecular weight excluding hydrogens is 1110 g/mol. The zero-order valence-electron chi connectivity index (χ0n) is 36.5. The van der Waals surface area contributed by atoms with Gasteiger partial charge in [-0.3, -0.25) is 0 Å². The smallest absolute Gasteiger partial charge is 0.0149 e. The molecule has 0 saturated heterocycles. The minimum Gasteiger partial charge on any atom is -0.0149 e. The van der Waals surface area contributed by atoms with Crippen LogP contribution in [-0.4, -0.2) is 116 Å². The monoisotopic (exact) mass is 1210 g/mol. The summed E-state index contributed by atoms with van der Waals surface area (Å²) in [6.07, 6.45) is 19.8. The number of carbonyl (C=O) groups excluding carboxylic acids is 4. The topological polar surface area (TPSA) is 105 Å². The summed E-state index contributed by atoms with van der Waals surface area (Å²) in [6.45, 7) is 23.7. The van der Waals surface area contributed by atoms with E-state index in [1.165, 1.54) is 138 Å². The predicted octanol–water partition coefficient (Wildman–Crippen LogP) is 10.0. The molecule has 8 nitrogen and oxygen atoms in total. The normalized spacial score (nSPS) is 10.3. The zero-order valence-corrected chi connectivity index (χ0v) is 49.7. The van der Waals surface area contributed by atoms with Crippen molar-refractivity contribution < 1.29 is 31.5 Å². The largest absolute Gasteiger partial charge is 0.0149 e. The Kier molecular flexibility index (Phi) is 61.4. The van der Waals surface area contributed by atoms with Gasteiger partial charge in [-0.05, 0) is 11.0 Å². The standard InChI is InChI=1S/8C4H9.4C2H4O2.H4Si.4Sn.4H/c8*1-3-4-2;4*1-2(3)4;;;;;;;;;/h8*1,3-4H2,2H3;4*1H3,(H,3,4);1H4;;;;;;;;/q;;;;;;;;;;;;;4*+1;;;;/p-4. The fourth-order valence-electron chi connectivity index (χ4n) is 5.44. The molecule has 0 N–H and O–H groups in total. The van der Waals surface area contributed by atoms with Gasteiger partial charge in [0.15, 0.2) is 0 Å². The Morgan fingerprint density at radius 1 is 0.302 bits per heavy atom. The quantitative estimate of drug-likeness (QED) is 0.0564. The predicted molar refractivity (Wildman–Crippen MR) is 245 cm³/mol. The van der Waals surface area contributed by atoms with Crippen LogP contribution in [0.3, 0.4) is 0 Å². The van der Waals surface area contributed by atoms with Gasteiger partial charge in [0.2, 0.25) is 0 Å². The van der Waals surface area contributed by atoms with Crippen LogP contribution in [0.5, 0.6) is 0 Å². The van der Waals surface area contributed by atoms with Gasteiger partial charge in [-0.1, -0.05) is 0 Å². The molecule has 0 aromatic heterocycles. The van der Waals surface area contributed by atoms with E-state index in [1.807, 2.05) is 0 Å². The third-order valence-corrected chi connectivity index (χ3v) is 40.0. The summed E-state index contributed by atoms with van der Waals surface area (Å²) >= 11 is -7.45. The number of rotatable bonds is 28. The molecule has 0 unspecified atom stereocenters. The van der Waals surface area contributed by atoms with Gasteiger partial charge in [-0.2, -0.15) is 0 Å². The fourth-order valence-corrected chi connectivity index (χ4v) is 36.5. The van der Waals surface area contributed by atoms with Crippen molar-refractivity contribution in [1.29, 1.82) is 0 Å². The summed E-state index contributed by atoms with van der Waals surface area (Å²) in [7, 11) is 0. The number of hydrogen-bond donors (Lipinski definition) is 0. The Morgan fingerprint density at radius 3 is 0.491 bits per heavy atom. The van der Waals surface area contributed by atoms with Crippen molar-refractivity contribution in [2.24, 2.45) is 0 Å². The van der Waals surface area contributed by atoms with E-state index in [4.69, 9.17) is 12.3 Å². The van der Waals surface area contributed by atoms with Crippen LogP contribution in [0.4, 0.5) is 0 Å². The molecule has 0 heterocycles. The fraction of sp³-hybridized carbons (Fsp3) is 0.900. The summed E-state index contributed by atoms with van der Waals surface area (Å²) in [5.74, 6) is -0.193. The first-order chi connectivity index (χ1) is 24.8. The van der Waals surface area contributed by atoms with E-state index in [-0.39, 0.29) is 34.8 Å². The molecule has 320 valence electrons. The molecule has 0 radical (unpaired) electrons. The summed E-state index contributed by atoms with van der Waals surface area (Å²) in [4.78, 5) is 43.2. The van der Waals surface area contributed by atoms with Crippen LogP contribution in [0.2, 0.25) is 35.5 Å². The maximum absolute atomic E-state index is 10.8. The summed E-state index contributed by atoms with van der Waals surface area (Å²) < 4.78 is 31.6. The third-order valence-electron chi connectivity index (χ3n) is 8.37. The zero-order chi connectivity index (χ0) is 40.4. The van der Waals surface area contributed by atoms with Crippen LogP contribution in [-0.2, 0) is 31.5 Å². The first kappa shape index (κ1) is 63.5. The Bertz CT molecular complexity index is 651. The SMILES string of the molecule is CCC[CH2][SnH]([CH2]CCC)[O]C(C)=O.CCC[CH2][SnH]([CH2]CCC)[O]C(C)=O.CCC[CH2][SnH]([CH2]CCC)[O]C(C)=O.CCC[CH2][SnH]([CH2]CCC)[O]C(C)=O.[SiH4]. The van der Waals surface area contributed by atoms with Gasteiger partial charge in [0.25, 0.3) is 0 Å². The second-order valence-corrected chi connectivity index (χ2v) is 44.1. The van der Waals surface area contributed by atoms with Crippen molar-refractivity contribution in [1.82, 2.24) is 0 Å². The molecule has 0 bridgehead atoms. The molecule has 53 heavy (non-hydrogen) atoms. The maximum Gasteiger partial charge on any atom is -0.0149 e. The maximum atomic E-state index is 10.8. The molecule has 0 atom stereocenters. The van der Waals surface area contributed by atoms with Crippen LogP contribution in [0.15, 0.2) is 0 Å². The van der Waals surface area contributed by atoms with Gasteiger partial charge < -0.3 is 0 Å². The summed E-state index contributed by atoms with van der Waals surface area (Å²) in [6, 6.07) is 0. The van der Waals surface area contributed by atoms with E-state index < -0.39 is 80.7 Å². The molecule has 0 aromatic carbocycles. The van der Waals surface area contributed by atoms with Crippen molar-refractivity contribution in [3.05, 3.63) is 0 Å². The molecular formula is C40H92O8SiSn4. The molecule has 0 spiro atoms. The molecule has 0 aromatic rings. The third kappa shape index (κ3) is 57.7. The van der Waals surface area contributed by atoms with E-state index >= 15 is 0 Å². The Hall–Kier alpha value is 1.29. The Morgan fingerprint density at radius 2 is 0.415 bits per heavy atom. The molecule has 0 fully saturated rings. The van der Waals surface area contributed by atoms with Gasteiger partial charge in [0, 0.05) is 0 Å². The van der Waals surface area contributed by atoms with E-state index in [1.54, 1.807) is 27.7 Å². The average molecular weight is 1200 g/mol. The van der Waals surface area contributed by atoms with Crippen LogP contribution in [0.1, 0.15) is 186 Å². The minimum atomic E-state index is -1.86. The van der Waals surface area contributed by atoms with Gasteiger partial charge >= 0.3 is 357 Å². The van der Waals surface area contributed by atoms with Crippen molar-refractivity contribution in [3.63, 3.8) is 0 Å². The summed E-state index contributed by atoms with van der Waals surface area (Å²) in [5.41, 5.74) is 0. The minimum absolute atomic E-state index is 0. The molecule has 0 amide bonds. The van der Waals surface area contributed by atoms with Crippen LogP contribution in [0, 0.1) is 0 Å². The second-order valence-electron chi connectivity index (χ2n) is 14.1. The molecule has 0 saturated carbocycles. The van der Waals surface area contributed by atoms with E-state index in [0.717, 1.165) is 0 Å². The number of carbonyl (C=O) groups is 4. The molecule has 0 rings (SSSR count). The number of hydrogen-bond acceptors (Lipinski definition) is 8. The van der Waals surface area contributed by atoms with E-state index in [9.17, 15) is 19.2 Å². The van der Waals surface area contributed by atoms with E-state index in [0.29, 0.717) is 0 Å². The van der Waals surface area contributed by atoms with Gasteiger partial charge in [0.1, 0.15) is 0 Å². The first-order valence-electron chi connectivity index (χ1n) is 21.5. The first-order valence-corrected chi connectivity index (χ1v) is 45.5. The van der Waals surface area contributed by atoms with Gasteiger partial charge in [-0.15, -0.1) is 0 Å². The van der Waals surface area contributed by atoms with Gasteiger partial charge in [-0.25, -0.2) is 0 Å². The average Bonchev–Trinajstić information content (AvgIpc) is 3.09. The molecule has 0 aliphatic carbocycles. The van der Waals surface area contributed by atoms with E-state index in [2.05, 4.69) is 55.4 Å².